The van der Waals surface area contributed by atoms with Gasteiger partial charge in [-0.15, -0.1) is 0 Å². The summed E-state index contributed by atoms with van der Waals surface area (Å²) >= 11 is 0. The van der Waals surface area contributed by atoms with E-state index < -0.39 is 0 Å². The number of rotatable bonds is 3. The van der Waals surface area contributed by atoms with Crippen LogP contribution in [0.25, 0.3) is 0 Å². The Morgan fingerprint density at radius 3 is 2.79 bits per heavy atom. The molecule has 5 heteroatoms. The monoisotopic (exact) mass is 191 g/mol. The lowest BCUT2D eigenvalue weighted by molar-refractivity contribution is 1.01. The average molecular weight is 191 g/mol. The van der Waals surface area contributed by atoms with Crippen LogP contribution in [0.3, 0.4) is 0 Å². The van der Waals surface area contributed by atoms with Gasteiger partial charge in [-0.2, -0.15) is 5.10 Å². The van der Waals surface area contributed by atoms with Crippen molar-refractivity contribution < 1.29 is 0 Å². The first kappa shape index (κ1) is 8.96. The normalized spacial score (nSPS) is 16.1. The van der Waals surface area contributed by atoms with E-state index in [0.29, 0.717) is 5.92 Å². The maximum atomic E-state index is 5.61. The molecule has 1 fully saturated rings. The van der Waals surface area contributed by atoms with Crippen LogP contribution in [-0.4, -0.2) is 11.3 Å². The van der Waals surface area contributed by atoms with E-state index in [9.17, 15) is 0 Å². The summed E-state index contributed by atoms with van der Waals surface area (Å²) in [6.45, 7) is 0. The Balaban J connectivity index is 2.12. The molecule has 1 aliphatic rings. The van der Waals surface area contributed by atoms with E-state index in [4.69, 9.17) is 11.7 Å². The molecule has 5 nitrogen and oxygen atoms in total. The van der Waals surface area contributed by atoms with Crippen LogP contribution in [0.2, 0.25) is 0 Å². The topological polar surface area (TPSA) is 80.5 Å². The second-order valence-corrected chi connectivity index (χ2v) is 3.39. The van der Waals surface area contributed by atoms with Gasteiger partial charge in [0, 0.05) is 11.6 Å². The molecule has 4 N–H and O–H groups in total. The Bertz CT molecular complexity index is 328. The van der Waals surface area contributed by atoms with E-state index in [1.807, 2.05) is 12.1 Å². The van der Waals surface area contributed by atoms with Gasteiger partial charge in [-0.3, -0.25) is 9.99 Å². The maximum absolute atomic E-state index is 5.61. The number of hydrazone groups is 1. The minimum absolute atomic E-state index is 0.665. The molecule has 1 aromatic rings. The minimum Gasteiger partial charge on any atom is -0.322 e. The first-order chi connectivity index (χ1) is 6.81. The highest BCUT2D eigenvalue weighted by Gasteiger charge is 2.24. The van der Waals surface area contributed by atoms with Gasteiger partial charge in [0.2, 0.25) is 0 Å². The molecule has 14 heavy (non-hydrogen) atoms. The van der Waals surface area contributed by atoms with Gasteiger partial charge in [0.1, 0.15) is 6.34 Å². The lowest BCUT2D eigenvalue weighted by Crippen LogP contribution is -2.29. The lowest BCUT2D eigenvalue weighted by atomic mass is 10.2. The number of anilines is 1. The molecule has 0 atom stereocenters. The standard InChI is InChI=1S/C9H13N5/c10-13-6-14(11)8-3-4-9(12-5-8)7-1-2-7/h3-7H,1-2,10-11H2/b13-6-. The fraction of sp³-hybridized carbons (Fsp3) is 0.333. The summed E-state index contributed by atoms with van der Waals surface area (Å²) in [5.41, 5.74) is 1.93. The number of pyridine rings is 1. The van der Waals surface area contributed by atoms with Crippen LogP contribution in [0.1, 0.15) is 24.5 Å². The van der Waals surface area contributed by atoms with Gasteiger partial charge in [-0.05, 0) is 25.0 Å². The third-order valence-corrected chi connectivity index (χ3v) is 2.26. The van der Waals surface area contributed by atoms with Crippen molar-refractivity contribution in [3.63, 3.8) is 0 Å². The molecule has 1 saturated carbocycles. The molecule has 1 aliphatic carbocycles. The highest BCUT2D eigenvalue weighted by Crippen LogP contribution is 2.38. The molecular weight excluding hydrogens is 178 g/mol. The fourth-order valence-corrected chi connectivity index (χ4v) is 1.31. The Morgan fingerprint density at radius 2 is 2.29 bits per heavy atom. The first-order valence-corrected chi connectivity index (χ1v) is 4.54. The van der Waals surface area contributed by atoms with Gasteiger partial charge in [0.05, 0.1) is 11.9 Å². The zero-order valence-corrected chi connectivity index (χ0v) is 7.80. The highest BCUT2D eigenvalue weighted by atomic mass is 15.4. The van der Waals surface area contributed by atoms with Gasteiger partial charge in [-0.1, -0.05) is 0 Å². The van der Waals surface area contributed by atoms with Crippen molar-refractivity contribution in [2.45, 2.75) is 18.8 Å². The summed E-state index contributed by atoms with van der Waals surface area (Å²) in [5.74, 6) is 11.3. The Kier molecular flexibility index (Phi) is 2.32. The number of hydrazine groups is 1. The molecule has 0 radical (unpaired) electrons. The van der Waals surface area contributed by atoms with E-state index in [0.717, 1.165) is 11.4 Å². The molecule has 2 rings (SSSR count). The van der Waals surface area contributed by atoms with Crippen molar-refractivity contribution >= 4 is 12.0 Å². The molecule has 0 unspecified atom stereocenters. The van der Waals surface area contributed by atoms with Crippen LogP contribution in [0.4, 0.5) is 5.69 Å². The van der Waals surface area contributed by atoms with E-state index in [2.05, 4.69) is 10.1 Å². The molecule has 0 aliphatic heterocycles. The Morgan fingerprint density at radius 1 is 1.50 bits per heavy atom. The molecule has 0 saturated heterocycles. The second-order valence-electron chi connectivity index (χ2n) is 3.39. The first-order valence-electron chi connectivity index (χ1n) is 4.54. The molecule has 0 spiro atoms. The second kappa shape index (κ2) is 3.63. The van der Waals surface area contributed by atoms with Gasteiger partial charge >= 0.3 is 0 Å². The molecular formula is C9H13N5. The Labute approximate surface area is 82.4 Å². The summed E-state index contributed by atoms with van der Waals surface area (Å²) < 4.78 is 0. The molecule has 0 aromatic carbocycles. The molecule has 0 bridgehead atoms. The maximum Gasteiger partial charge on any atom is 0.129 e. The van der Waals surface area contributed by atoms with Crippen molar-refractivity contribution in [3.05, 3.63) is 24.0 Å². The summed E-state index contributed by atoms with van der Waals surface area (Å²) in [6, 6.07) is 3.92. The van der Waals surface area contributed by atoms with Crippen LogP contribution < -0.4 is 16.7 Å². The van der Waals surface area contributed by atoms with Gasteiger partial charge in [-0.25, -0.2) is 5.84 Å². The average Bonchev–Trinajstić information content (AvgIpc) is 3.02. The summed E-state index contributed by atoms with van der Waals surface area (Å²) in [7, 11) is 0. The van der Waals surface area contributed by atoms with E-state index >= 15 is 0 Å². The van der Waals surface area contributed by atoms with E-state index in [1.165, 1.54) is 24.2 Å². The number of aromatic nitrogens is 1. The number of hydrogen-bond acceptors (Lipinski definition) is 4. The predicted octanol–water partition coefficient (Wildman–Crippen LogP) is 0.541. The number of hydrogen-bond donors (Lipinski definition) is 2. The zero-order valence-electron chi connectivity index (χ0n) is 7.80. The summed E-state index contributed by atoms with van der Waals surface area (Å²) in [5, 5.41) is 4.67. The van der Waals surface area contributed by atoms with E-state index in [-0.39, 0.29) is 0 Å². The van der Waals surface area contributed by atoms with Crippen LogP contribution in [0.5, 0.6) is 0 Å². The number of nitrogens with two attached hydrogens (primary N) is 2. The summed E-state index contributed by atoms with van der Waals surface area (Å²) in [4.78, 5) is 4.32. The lowest BCUT2D eigenvalue weighted by Gasteiger charge is -2.11. The smallest absolute Gasteiger partial charge is 0.129 e. The van der Waals surface area contributed by atoms with Crippen LogP contribution >= 0.6 is 0 Å². The van der Waals surface area contributed by atoms with Crippen molar-refractivity contribution in [1.82, 2.24) is 4.98 Å². The Hall–Kier alpha value is -1.62. The molecule has 1 aromatic heterocycles. The van der Waals surface area contributed by atoms with Crippen molar-refractivity contribution in [1.29, 1.82) is 0 Å². The third kappa shape index (κ3) is 1.82. The van der Waals surface area contributed by atoms with E-state index in [1.54, 1.807) is 6.20 Å². The summed E-state index contributed by atoms with van der Waals surface area (Å²) in [6.07, 6.45) is 5.58. The predicted molar refractivity (Wildman–Crippen MR) is 55.6 cm³/mol. The molecule has 74 valence electrons. The van der Waals surface area contributed by atoms with Crippen LogP contribution in [0, 0.1) is 0 Å². The van der Waals surface area contributed by atoms with Crippen LogP contribution in [0.15, 0.2) is 23.4 Å². The SMILES string of the molecule is N/N=C\N(N)c1ccc(C2CC2)nc1. The highest BCUT2D eigenvalue weighted by molar-refractivity contribution is 5.76. The molecule has 1 heterocycles. The van der Waals surface area contributed by atoms with Gasteiger partial charge < -0.3 is 5.84 Å². The fourth-order valence-electron chi connectivity index (χ4n) is 1.31. The van der Waals surface area contributed by atoms with Crippen molar-refractivity contribution in [2.75, 3.05) is 5.01 Å². The largest absolute Gasteiger partial charge is 0.322 e. The molecule has 0 amide bonds. The quantitative estimate of drug-likeness (QED) is 0.316. The van der Waals surface area contributed by atoms with Crippen LogP contribution in [-0.2, 0) is 0 Å². The van der Waals surface area contributed by atoms with Gasteiger partial charge in [0.15, 0.2) is 0 Å². The van der Waals surface area contributed by atoms with Crippen molar-refractivity contribution in [3.8, 4) is 0 Å². The zero-order chi connectivity index (χ0) is 9.97. The van der Waals surface area contributed by atoms with Crippen molar-refractivity contribution in [2.24, 2.45) is 16.8 Å². The van der Waals surface area contributed by atoms with Gasteiger partial charge in [0.25, 0.3) is 0 Å². The number of nitrogens with zero attached hydrogens (tertiary/aromatic N) is 3. The third-order valence-electron chi connectivity index (χ3n) is 2.26. The minimum atomic E-state index is 0.665.